The van der Waals surface area contributed by atoms with Crippen LogP contribution in [0.15, 0.2) is 72.0 Å². The maximum absolute atomic E-state index is 4.78. The van der Waals surface area contributed by atoms with Gasteiger partial charge in [0.2, 0.25) is 0 Å². The van der Waals surface area contributed by atoms with Gasteiger partial charge in [-0.3, -0.25) is 9.97 Å². The Hall–Kier alpha value is -2.81. The highest BCUT2D eigenvalue weighted by atomic mass is 14.8. The fourth-order valence-corrected chi connectivity index (χ4v) is 2.47. The lowest BCUT2D eigenvalue weighted by molar-refractivity contribution is 1.26. The van der Waals surface area contributed by atoms with Crippen molar-refractivity contribution in [3.8, 4) is 11.4 Å². The number of benzene rings is 1. The summed E-state index contributed by atoms with van der Waals surface area (Å²) in [6, 6.07) is 17.9. The highest BCUT2D eigenvalue weighted by molar-refractivity contribution is 6.23. The van der Waals surface area contributed by atoms with Gasteiger partial charge in [0, 0.05) is 23.5 Å². The van der Waals surface area contributed by atoms with Crippen LogP contribution in [0.1, 0.15) is 11.1 Å². The molecule has 0 fully saturated rings. The van der Waals surface area contributed by atoms with Crippen molar-refractivity contribution in [2.45, 2.75) is 0 Å². The minimum Gasteiger partial charge on any atom is -0.254 e. The smallest absolute Gasteiger partial charge is 0.0987 e. The Labute approximate surface area is 116 Å². The summed E-state index contributed by atoms with van der Waals surface area (Å²) in [7, 11) is 0. The van der Waals surface area contributed by atoms with Crippen molar-refractivity contribution in [2.24, 2.45) is 4.99 Å². The first-order valence-electron chi connectivity index (χ1n) is 6.48. The van der Waals surface area contributed by atoms with Gasteiger partial charge in [0.15, 0.2) is 0 Å². The number of rotatable bonds is 1. The van der Waals surface area contributed by atoms with Crippen LogP contribution < -0.4 is 0 Å². The van der Waals surface area contributed by atoms with E-state index in [1.165, 1.54) is 0 Å². The van der Waals surface area contributed by atoms with Gasteiger partial charge in [0.05, 0.1) is 22.8 Å². The molecular weight excluding hydrogens is 246 g/mol. The summed E-state index contributed by atoms with van der Waals surface area (Å²) in [5, 5.41) is 0. The van der Waals surface area contributed by atoms with Crippen LogP contribution in [0.4, 0.5) is 5.69 Å². The van der Waals surface area contributed by atoms with E-state index in [1.54, 1.807) is 12.4 Å². The molecule has 0 radical (unpaired) electrons. The summed E-state index contributed by atoms with van der Waals surface area (Å²) in [5.74, 6) is 0. The van der Waals surface area contributed by atoms with Crippen molar-refractivity contribution < 1.29 is 0 Å². The number of para-hydroxylation sites is 1. The Morgan fingerprint density at radius 3 is 1.85 bits per heavy atom. The monoisotopic (exact) mass is 257 g/mol. The molecule has 3 aromatic rings. The highest BCUT2D eigenvalue weighted by Crippen LogP contribution is 2.34. The average Bonchev–Trinajstić information content (AvgIpc) is 2.84. The number of hydrogen-bond acceptors (Lipinski definition) is 3. The predicted octanol–water partition coefficient (Wildman–Crippen LogP) is 3.63. The van der Waals surface area contributed by atoms with Gasteiger partial charge in [-0.05, 0) is 36.4 Å². The molecule has 1 aliphatic rings. The standard InChI is InChI=1S/C17H11N3/c1-2-6-12(7-3-1)20-15-13-8-4-10-18-16(13)17-14(15)9-5-11-19-17/h1-11H. The van der Waals surface area contributed by atoms with E-state index in [9.17, 15) is 0 Å². The normalized spacial score (nSPS) is 11.9. The Morgan fingerprint density at radius 1 is 0.650 bits per heavy atom. The van der Waals surface area contributed by atoms with E-state index >= 15 is 0 Å². The molecule has 0 spiro atoms. The minimum absolute atomic E-state index is 0.915. The quantitative estimate of drug-likeness (QED) is 0.522. The highest BCUT2D eigenvalue weighted by Gasteiger charge is 2.26. The number of aliphatic imine (C=N–C) groups is 1. The summed E-state index contributed by atoms with van der Waals surface area (Å²) in [5.41, 5.74) is 5.81. The molecule has 0 atom stereocenters. The maximum Gasteiger partial charge on any atom is 0.0987 e. The van der Waals surface area contributed by atoms with Gasteiger partial charge in [-0.1, -0.05) is 18.2 Å². The maximum atomic E-state index is 4.78. The van der Waals surface area contributed by atoms with Crippen LogP contribution >= 0.6 is 0 Å². The molecule has 1 aliphatic carbocycles. The third kappa shape index (κ3) is 1.64. The third-order valence-corrected chi connectivity index (χ3v) is 3.35. The second-order valence-corrected chi connectivity index (χ2v) is 4.60. The first-order chi connectivity index (χ1) is 9.93. The van der Waals surface area contributed by atoms with Crippen LogP contribution in [0.3, 0.4) is 0 Å². The molecule has 0 bridgehead atoms. The van der Waals surface area contributed by atoms with Gasteiger partial charge in [0.1, 0.15) is 0 Å². The van der Waals surface area contributed by atoms with Gasteiger partial charge < -0.3 is 0 Å². The zero-order chi connectivity index (χ0) is 13.4. The molecule has 3 nitrogen and oxygen atoms in total. The number of aromatic nitrogens is 2. The lowest BCUT2D eigenvalue weighted by atomic mass is 10.1. The molecule has 0 saturated carbocycles. The second-order valence-electron chi connectivity index (χ2n) is 4.60. The van der Waals surface area contributed by atoms with Gasteiger partial charge in [-0.25, -0.2) is 4.99 Å². The number of fused-ring (bicyclic) bond motifs is 3. The largest absolute Gasteiger partial charge is 0.254 e. The fourth-order valence-electron chi connectivity index (χ4n) is 2.47. The summed E-state index contributed by atoms with van der Waals surface area (Å²) in [6.07, 6.45) is 3.59. The first kappa shape index (κ1) is 11.1. The molecule has 0 N–H and O–H groups in total. The van der Waals surface area contributed by atoms with E-state index in [-0.39, 0.29) is 0 Å². The van der Waals surface area contributed by atoms with Gasteiger partial charge in [-0.15, -0.1) is 0 Å². The Kier molecular flexibility index (Phi) is 2.42. The Bertz CT molecular complexity index is 760. The van der Waals surface area contributed by atoms with Crippen LogP contribution in [0.25, 0.3) is 11.4 Å². The summed E-state index contributed by atoms with van der Waals surface area (Å²) in [4.78, 5) is 13.7. The molecule has 3 heteroatoms. The second kappa shape index (κ2) is 4.38. The summed E-state index contributed by atoms with van der Waals surface area (Å²) >= 11 is 0. The van der Waals surface area contributed by atoms with Crippen molar-refractivity contribution in [3.05, 3.63) is 78.1 Å². The topological polar surface area (TPSA) is 38.1 Å². The van der Waals surface area contributed by atoms with Crippen molar-refractivity contribution in [2.75, 3.05) is 0 Å². The van der Waals surface area contributed by atoms with Crippen molar-refractivity contribution in [3.63, 3.8) is 0 Å². The third-order valence-electron chi connectivity index (χ3n) is 3.35. The zero-order valence-corrected chi connectivity index (χ0v) is 10.7. The van der Waals surface area contributed by atoms with Crippen LogP contribution in [0, 0.1) is 0 Å². The van der Waals surface area contributed by atoms with Crippen molar-refractivity contribution >= 4 is 11.4 Å². The van der Waals surface area contributed by atoms with Crippen LogP contribution in [0.5, 0.6) is 0 Å². The zero-order valence-electron chi connectivity index (χ0n) is 10.7. The fraction of sp³-hybridized carbons (Fsp3) is 0. The predicted molar refractivity (Wildman–Crippen MR) is 79.2 cm³/mol. The van der Waals surface area contributed by atoms with Gasteiger partial charge in [0.25, 0.3) is 0 Å². The van der Waals surface area contributed by atoms with E-state index in [4.69, 9.17) is 4.99 Å². The average molecular weight is 257 g/mol. The summed E-state index contributed by atoms with van der Waals surface area (Å²) < 4.78 is 0. The summed E-state index contributed by atoms with van der Waals surface area (Å²) in [6.45, 7) is 0. The number of pyridine rings is 2. The van der Waals surface area contributed by atoms with Crippen LogP contribution in [0.2, 0.25) is 0 Å². The molecule has 20 heavy (non-hydrogen) atoms. The molecule has 4 rings (SSSR count). The molecule has 94 valence electrons. The van der Waals surface area contributed by atoms with E-state index in [0.717, 1.165) is 33.9 Å². The van der Waals surface area contributed by atoms with E-state index in [1.807, 2.05) is 54.6 Å². The van der Waals surface area contributed by atoms with E-state index in [0.29, 0.717) is 0 Å². The molecule has 2 aromatic heterocycles. The molecule has 2 heterocycles. The van der Waals surface area contributed by atoms with Crippen LogP contribution in [-0.4, -0.2) is 15.7 Å². The van der Waals surface area contributed by atoms with Gasteiger partial charge in [-0.2, -0.15) is 0 Å². The van der Waals surface area contributed by atoms with Crippen LogP contribution in [-0.2, 0) is 0 Å². The molecule has 0 unspecified atom stereocenters. The van der Waals surface area contributed by atoms with E-state index in [2.05, 4.69) is 9.97 Å². The lowest BCUT2D eigenvalue weighted by Crippen LogP contribution is -1.97. The molecular formula is C17H11N3. The number of nitrogens with zero attached hydrogens (tertiary/aromatic N) is 3. The van der Waals surface area contributed by atoms with Crippen molar-refractivity contribution in [1.82, 2.24) is 9.97 Å². The lowest BCUT2D eigenvalue weighted by Gasteiger charge is -2.01. The Balaban J connectivity index is 1.99. The molecule has 1 aromatic carbocycles. The van der Waals surface area contributed by atoms with E-state index < -0.39 is 0 Å². The first-order valence-corrected chi connectivity index (χ1v) is 6.48. The molecule has 0 aliphatic heterocycles. The number of hydrogen-bond donors (Lipinski definition) is 0. The SMILES string of the molecule is c1ccc(N=C2c3cccnc3-c3ncccc32)cc1. The van der Waals surface area contributed by atoms with Crippen molar-refractivity contribution in [1.29, 1.82) is 0 Å². The Morgan fingerprint density at radius 2 is 1.25 bits per heavy atom. The molecule has 0 amide bonds. The van der Waals surface area contributed by atoms with Gasteiger partial charge >= 0.3 is 0 Å². The molecule has 0 saturated heterocycles. The minimum atomic E-state index is 0.915.